The first-order valence-corrected chi connectivity index (χ1v) is 6.02. The molecule has 0 bridgehead atoms. The van der Waals surface area contributed by atoms with Crippen molar-refractivity contribution in [3.8, 4) is 0 Å². The van der Waals surface area contributed by atoms with Crippen molar-refractivity contribution >= 4 is 0 Å². The van der Waals surface area contributed by atoms with Crippen LogP contribution in [0.15, 0.2) is 25.0 Å². The van der Waals surface area contributed by atoms with Crippen LogP contribution >= 0.6 is 0 Å². The lowest BCUT2D eigenvalue weighted by molar-refractivity contribution is 0.689. The summed E-state index contributed by atoms with van der Waals surface area (Å²) >= 11 is 0. The van der Waals surface area contributed by atoms with E-state index in [0.29, 0.717) is 13.1 Å². The van der Waals surface area contributed by atoms with Crippen LogP contribution in [-0.2, 0) is 13.1 Å². The first kappa shape index (κ1) is 14.4. The molecule has 0 aliphatic rings. The molecule has 0 spiro atoms. The minimum Gasteiger partial charge on any atom is -0.336 e. The van der Waals surface area contributed by atoms with E-state index in [9.17, 15) is 0 Å². The predicted molar refractivity (Wildman–Crippen MR) is 72.0 cm³/mol. The van der Waals surface area contributed by atoms with Crippen LogP contribution in [0.2, 0.25) is 0 Å². The highest BCUT2D eigenvalue weighted by molar-refractivity contribution is 4.93. The number of hydrogen-bond acceptors (Lipinski definition) is 4. The van der Waals surface area contributed by atoms with Gasteiger partial charge < -0.3 is 20.6 Å². The highest BCUT2D eigenvalue weighted by Gasteiger charge is 1.91. The molecule has 0 radical (unpaired) electrons. The van der Waals surface area contributed by atoms with E-state index < -0.39 is 0 Å². The Kier molecular flexibility index (Phi) is 6.10. The van der Waals surface area contributed by atoms with Gasteiger partial charge in [0.2, 0.25) is 0 Å². The number of nitrogens with two attached hydrogens (primary N) is 2. The third kappa shape index (κ3) is 4.68. The smallest absolute Gasteiger partial charge is 0.0949 e. The van der Waals surface area contributed by atoms with Gasteiger partial charge in [-0.05, 0) is 13.8 Å². The zero-order valence-electron chi connectivity index (χ0n) is 11.1. The van der Waals surface area contributed by atoms with Gasteiger partial charge in [0.05, 0.1) is 18.3 Å². The summed E-state index contributed by atoms with van der Waals surface area (Å²) in [6, 6.07) is 0. The Bertz CT molecular complexity index is 445. The van der Waals surface area contributed by atoms with E-state index in [-0.39, 0.29) is 0 Å². The Morgan fingerprint density at radius 2 is 1.83 bits per heavy atom. The fourth-order valence-corrected chi connectivity index (χ4v) is 1.50. The van der Waals surface area contributed by atoms with Crippen molar-refractivity contribution < 1.29 is 0 Å². The van der Waals surface area contributed by atoms with Gasteiger partial charge >= 0.3 is 0 Å². The van der Waals surface area contributed by atoms with Crippen LogP contribution in [0.4, 0.5) is 0 Å². The van der Waals surface area contributed by atoms with Gasteiger partial charge in [-0.3, -0.25) is 0 Å². The highest BCUT2D eigenvalue weighted by Crippen LogP contribution is 1.93. The molecule has 0 saturated carbocycles. The topological polar surface area (TPSA) is 87.7 Å². The van der Waals surface area contributed by atoms with Crippen LogP contribution in [0.25, 0.3) is 0 Å². The maximum Gasteiger partial charge on any atom is 0.0949 e. The standard InChI is InChI=1S/2C6H11N3/c1-6-4-9(3-2-7)5-8-6;1-6-4-8-5-9(6)3-2-7/h2*4-5H,2-3,7H2,1H3. The molecule has 0 atom stereocenters. The molecule has 2 aromatic heterocycles. The molecule has 0 aliphatic carbocycles. The molecule has 0 fully saturated rings. The molecule has 18 heavy (non-hydrogen) atoms. The largest absolute Gasteiger partial charge is 0.336 e. The van der Waals surface area contributed by atoms with Crippen LogP contribution < -0.4 is 11.5 Å². The Labute approximate surface area is 108 Å². The van der Waals surface area contributed by atoms with Crippen LogP contribution in [0.1, 0.15) is 11.4 Å². The Morgan fingerprint density at radius 1 is 1.11 bits per heavy atom. The lowest BCUT2D eigenvalue weighted by Crippen LogP contribution is -2.09. The molecule has 0 unspecified atom stereocenters. The van der Waals surface area contributed by atoms with Gasteiger partial charge in [0.15, 0.2) is 0 Å². The predicted octanol–water partition coefficient (Wildman–Crippen LogP) is 0.300. The van der Waals surface area contributed by atoms with Crippen molar-refractivity contribution in [2.75, 3.05) is 13.1 Å². The lowest BCUT2D eigenvalue weighted by atomic mass is 10.5. The van der Waals surface area contributed by atoms with E-state index >= 15 is 0 Å². The summed E-state index contributed by atoms with van der Waals surface area (Å²) in [6.45, 7) is 7.06. The monoisotopic (exact) mass is 250 g/mol. The number of imidazole rings is 2. The summed E-state index contributed by atoms with van der Waals surface area (Å²) < 4.78 is 4.01. The van der Waals surface area contributed by atoms with Crippen molar-refractivity contribution in [3.63, 3.8) is 0 Å². The zero-order valence-corrected chi connectivity index (χ0v) is 11.1. The fraction of sp³-hybridized carbons (Fsp3) is 0.500. The Hall–Kier alpha value is -1.66. The molecule has 2 aromatic rings. The van der Waals surface area contributed by atoms with Crippen molar-refractivity contribution in [2.24, 2.45) is 11.5 Å². The zero-order chi connectivity index (χ0) is 13.4. The van der Waals surface area contributed by atoms with Gasteiger partial charge in [-0.1, -0.05) is 0 Å². The average Bonchev–Trinajstić information content (AvgIpc) is 2.91. The van der Waals surface area contributed by atoms with Gasteiger partial charge in [-0.15, -0.1) is 0 Å². The van der Waals surface area contributed by atoms with Gasteiger partial charge in [-0.25, -0.2) is 9.97 Å². The third-order valence-corrected chi connectivity index (χ3v) is 2.44. The van der Waals surface area contributed by atoms with Crippen molar-refractivity contribution in [1.29, 1.82) is 0 Å². The molecule has 100 valence electrons. The average molecular weight is 250 g/mol. The maximum absolute atomic E-state index is 5.34. The summed E-state index contributed by atoms with van der Waals surface area (Å²) in [5.74, 6) is 0. The van der Waals surface area contributed by atoms with E-state index in [2.05, 4.69) is 9.97 Å². The number of hydrogen-bond donors (Lipinski definition) is 2. The second kappa shape index (κ2) is 7.62. The first-order chi connectivity index (χ1) is 8.67. The van der Waals surface area contributed by atoms with Gasteiger partial charge in [0.1, 0.15) is 0 Å². The van der Waals surface area contributed by atoms with E-state index in [1.807, 2.05) is 35.4 Å². The number of rotatable bonds is 4. The highest BCUT2D eigenvalue weighted by atomic mass is 15.0. The van der Waals surface area contributed by atoms with Crippen LogP contribution in [-0.4, -0.2) is 32.2 Å². The van der Waals surface area contributed by atoms with Crippen LogP contribution in [0.3, 0.4) is 0 Å². The third-order valence-electron chi connectivity index (χ3n) is 2.44. The fourth-order valence-electron chi connectivity index (χ4n) is 1.50. The van der Waals surface area contributed by atoms with Crippen LogP contribution in [0, 0.1) is 13.8 Å². The lowest BCUT2D eigenvalue weighted by Gasteiger charge is -1.99. The summed E-state index contributed by atoms with van der Waals surface area (Å²) in [5, 5.41) is 0. The minimum absolute atomic E-state index is 0.676. The second-order valence-electron chi connectivity index (χ2n) is 4.06. The van der Waals surface area contributed by atoms with E-state index in [1.54, 1.807) is 12.7 Å². The minimum atomic E-state index is 0.676. The van der Waals surface area contributed by atoms with Crippen molar-refractivity contribution in [3.05, 3.63) is 36.4 Å². The molecule has 0 aromatic carbocycles. The normalized spacial score (nSPS) is 10.0. The molecule has 0 amide bonds. The van der Waals surface area contributed by atoms with E-state index in [0.717, 1.165) is 18.8 Å². The molecule has 2 rings (SSSR count). The summed E-state index contributed by atoms with van der Waals surface area (Å²) in [6.07, 6.45) is 7.40. The van der Waals surface area contributed by atoms with Crippen molar-refractivity contribution in [1.82, 2.24) is 19.1 Å². The van der Waals surface area contributed by atoms with Gasteiger partial charge in [0.25, 0.3) is 0 Å². The SMILES string of the molecule is Cc1cn(CCN)cn1.Cc1cncn1CCN. The molecule has 0 saturated heterocycles. The number of aryl methyl sites for hydroxylation is 2. The molecular weight excluding hydrogens is 228 g/mol. The second-order valence-corrected chi connectivity index (χ2v) is 4.06. The number of nitrogens with zero attached hydrogens (tertiary/aromatic N) is 4. The van der Waals surface area contributed by atoms with E-state index in [4.69, 9.17) is 11.5 Å². The molecular formula is C12H22N6. The summed E-state index contributed by atoms with van der Waals surface area (Å²) in [5.41, 5.74) is 12.9. The molecule has 4 N–H and O–H groups in total. The molecule has 2 heterocycles. The molecule has 0 aliphatic heterocycles. The summed E-state index contributed by atoms with van der Waals surface area (Å²) in [4.78, 5) is 7.99. The quantitative estimate of drug-likeness (QED) is 0.817. The first-order valence-electron chi connectivity index (χ1n) is 6.02. The summed E-state index contributed by atoms with van der Waals surface area (Å²) in [7, 11) is 0. The van der Waals surface area contributed by atoms with Crippen molar-refractivity contribution in [2.45, 2.75) is 26.9 Å². The van der Waals surface area contributed by atoms with Gasteiger partial charge in [-0.2, -0.15) is 0 Å². The maximum atomic E-state index is 5.34. The number of aromatic nitrogens is 4. The Balaban J connectivity index is 0.000000180. The molecule has 6 nitrogen and oxygen atoms in total. The Morgan fingerprint density at radius 3 is 2.28 bits per heavy atom. The van der Waals surface area contributed by atoms with E-state index in [1.165, 1.54) is 5.69 Å². The van der Waals surface area contributed by atoms with Gasteiger partial charge in [0, 0.05) is 44.3 Å². The van der Waals surface area contributed by atoms with Crippen LogP contribution in [0.5, 0.6) is 0 Å². The molecule has 6 heteroatoms.